The molecule has 1 heterocycles. The molecule has 0 amide bonds. The summed E-state index contributed by atoms with van der Waals surface area (Å²) in [7, 11) is 0. The SMILES string of the molecule is NC(c1noc(-c2cccc(Cl)c2Cl)n1)C1CC1. The van der Waals surface area contributed by atoms with E-state index in [9.17, 15) is 0 Å². The summed E-state index contributed by atoms with van der Waals surface area (Å²) in [5.74, 6) is 1.36. The van der Waals surface area contributed by atoms with Crippen molar-refractivity contribution >= 4 is 23.2 Å². The predicted molar refractivity (Wildman–Crippen MR) is 69.4 cm³/mol. The smallest absolute Gasteiger partial charge is 0.259 e. The molecular formula is C12H11Cl2N3O. The van der Waals surface area contributed by atoms with Crippen LogP contribution < -0.4 is 5.73 Å². The fourth-order valence-corrected chi connectivity index (χ4v) is 2.20. The molecule has 2 N–H and O–H groups in total. The van der Waals surface area contributed by atoms with Crippen molar-refractivity contribution in [2.45, 2.75) is 18.9 Å². The van der Waals surface area contributed by atoms with E-state index >= 15 is 0 Å². The van der Waals surface area contributed by atoms with Gasteiger partial charge in [0, 0.05) is 0 Å². The molecule has 3 rings (SSSR count). The van der Waals surface area contributed by atoms with E-state index < -0.39 is 0 Å². The van der Waals surface area contributed by atoms with Crippen LogP contribution >= 0.6 is 23.2 Å². The first-order chi connectivity index (χ1) is 8.66. The van der Waals surface area contributed by atoms with E-state index in [1.54, 1.807) is 18.2 Å². The van der Waals surface area contributed by atoms with Gasteiger partial charge in [0.15, 0.2) is 5.82 Å². The van der Waals surface area contributed by atoms with Gasteiger partial charge in [0.1, 0.15) is 0 Å². The van der Waals surface area contributed by atoms with Gasteiger partial charge in [0.25, 0.3) is 5.89 Å². The number of hydrogen-bond donors (Lipinski definition) is 1. The summed E-state index contributed by atoms with van der Waals surface area (Å²) in [6, 6.07) is 5.13. The molecule has 1 fully saturated rings. The monoisotopic (exact) mass is 283 g/mol. The van der Waals surface area contributed by atoms with Crippen LogP contribution in [0.2, 0.25) is 10.0 Å². The summed E-state index contributed by atoms with van der Waals surface area (Å²) < 4.78 is 5.20. The van der Waals surface area contributed by atoms with Crippen LogP contribution in [0.5, 0.6) is 0 Å². The minimum Gasteiger partial charge on any atom is -0.334 e. The lowest BCUT2D eigenvalue weighted by Gasteiger charge is -2.02. The topological polar surface area (TPSA) is 64.9 Å². The predicted octanol–water partition coefficient (Wildman–Crippen LogP) is 3.45. The fraction of sp³-hybridized carbons (Fsp3) is 0.333. The molecule has 0 aliphatic heterocycles. The van der Waals surface area contributed by atoms with E-state index in [4.69, 9.17) is 33.5 Å². The van der Waals surface area contributed by atoms with Gasteiger partial charge >= 0.3 is 0 Å². The Morgan fingerprint density at radius 2 is 2.11 bits per heavy atom. The molecule has 0 saturated heterocycles. The van der Waals surface area contributed by atoms with Gasteiger partial charge in [0.2, 0.25) is 0 Å². The first-order valence-electron chi connectivity index (χ1n) is 5.70. The van der Waals surface area contributed by atoms with Gasteiger partial charge in [-0.2, -0.15) is 4.98 Å². The summed E-state index contributed by atoms with van der Waals surface area (Å²) in [6.45, 7) is 0. The summed E-state index contributed by atoms with van der Waals surface area (Å²) in [6.07, 6.45) is 2.26. The quantitative estimate of drug-likeness (QED) is 0.937. The third-order valence-corrected chi connectivity index (χ3v) is 3.87. The van der Waals surface area contributed by atoms with Gasteiger partial charge in [0.05, 0.1) is 21.7 Å². The Balaban J connectivity index is 1.94. The molecule has 18 heavy (non-hydrogen) atoms. The van der Waals surface area contributed by atoms with Gasteiger partial charge in [-0.1, -0.05) is 34.4 Å². The molecule has 1 unspecified atom stereocenters. The molecule has 2 aromatic rings. The van der Waals surface area contributed by atoms with Crippen molar-refractivity contribution in [3.63, 3.8) is 0 Å². The molecule has 1 aromatic carbocycles. The molecule has 1 atom stereocenters. The Kier molecular flexibility index (Phi) is 3.01. The van der Waals surface area contributed by atoms with Gasteiger partial charge in [-0.05, 0) is 30.9 Å². The van der Waals surface area contributed by atoms with E-state index in [2.05, 4.69) is 10.1 Å². The molecule has 1 aromatic heterocycles. The van der Waals surface area contributed by atoms with E-state index in [0.717, 1.165) is 12.8 Å². The van der Waals surface area contributed by atoms with E-state index in [1.807, 2.05) is 0 Å². The first kappa shape index (κ1) is 12.0. The lowest BCUT2D eigenvalue weighted by Crippen LogP contribution is -2.13. The zero-order valence-corrected chi connectivity index (χ0v) is 10.9. The minimum atomic E-state index is -0.152. The summed E-state index contributed by atoms with van der Waals surface area (Å²) in [4.78, 5) is 4.30. The van der Waals surface area contributed by atoms with Crippen LogP contribution in [0, 0.1) is 5.92 Å². The Morgan fingerprint density at radius 1 is 1.33 bits per heavy atom. The molecule has 6 heteroatoms. The zero-order valence-electron chi connectivity index (χ0n) is 9.44. The van der Waals surface area contributed by atoms with E-state index in [-0.39, 0.29) is 6.04 Å². The maximum atomic E-state index is 6.10. The van der Waals surface area contributed by atoms with Crippen molar-refractivity contribution in [3.8, 4) is 11.5 Å². The molecule has 0 spiro atoms. The number of benzene rings is 1. The van der Waals surface area contributed by atoms with Gasteiger partial charge in [-0.25, -0.2) is 0 Å². The Morgan fingerprint density at radius 3 is 2.83 bits per heavy atom. The molecular weight excluding hydrogens is 273 g/mol. The standard InChI is InChI=1S/C12H11Cl2N3O/c13-8-3-1-2-7(9(8)14)12-16-11(17-18-12)10(15)6-4-5-6/h1-3,6,10H,4-5,15H2. The van der Waals surface area contributed by atoms with Crippen molar-refractivity contribution in [2.75, 3.05) is 0 Å². The van der Waals surface area contributed by atoms with Crippen molar-refractivity contribution in [1.29, 1.82) is 0 Å². The van der Waals surface area contributed by atoms with Gasteiger partial charge in [-0.15, -0.1) is 0 Å². The van der Waals surface area contributed by atoms with Crippen LogP contribution in [-0.2, 0) is 0 Å². The molecule has 0 bridgehead atoms. The molecule has 1 saturated carbocycles. The Hall–Kier alpha value is -1.10. The van der Waals surface area contributed by atoms with Crippen LogP contribution in [0.25, 0.3) is 11.5 Å². The molecule has 0 radical (unpaired) electrons. The van der Waals surface area contributed by atoms with Crippen molar-refractivity contribution in [3.05, 3.63) is 34.1 Å². The third kappa shape index (κ3) is 2.11. The highest BCUT2D eigenvalue weighted by molar-refractivity contribution is 6.43. The van der Waals surface area contributed by atoms with E-state index in [1.165, 1.54) is 0 Å². The van der Waals surface area contributed by atoms with Crippen molar-refractivity contribution in [1.82, 2.24) is 10.1 Å². The lowest BCUT2D eigenvalue weighted by molar-refractivity contribution is 0.411. The molecule has 4 nitrogen and oxygen atoms in total. The molecule has 94 valence electrons. The Labute approximate surface area is 114 Å². The van der Waals surface area contributed by atoms with Crippen molar-refractivity contribution in [2.24, 2.45) is 11.7 Å². The minimum absolute atomic E-state index is 0.152. The number of aromatic nitrogens is 2. The van der Waals surface area contributed by atoms with Crippen molar-refractivity contribution < 1.29 is 4.52 Å². The number of nitrogens with two attached hydrogens (primary N) is 1. The normalized spacial score (nSPS) is 16.8. The van der Waals surface area contributed by atoms with Gasteiger partial charge in [-0.3, -0.25) is 0 Å². The third-order valence-electron chi connectivity index (χ3n) is 3.05. The number of rotatable bonds is 3. The average molecular weight is 284 g/mol. The number of hydrogen-bond acceptors (Lipinski definition) is 4. The summed E-state index contributed by atoms with van der Waals surface area (Å²) >= 11 is 12.0. The summed E-state index contributed by atoms with van der Waals surface area (Å²) in [5, 5.41) is 4.78. The second kappa shape index (κ2) is 4.53. The maximum absolute atomic E-state index is 6.10. The van der Waals surface area contributed by atoms with Crippen LogP contribution in [-0.4, -0.2) is 10.1 Å². The summed E-state index contributed by atoms with van der Waals surface area (Å²) in [5.41, 5.74) is 6.65. The van der Waals surface area contributed by atoms with Crippen LogP contribution in [0.1, 0.15) is 24.7 Å². The molecule has 1 aliphatic carbocycles. The average Bonchev–Trinajstić information content (AvgIpc) is 3.10. The Bertz CT molecular complexity index is 580. The van der Waals surface area contributed by atoms with Crippen LogP contribution in [0.4, 0.5) is 0 Å². The first-order valence-corrected chi connectivity index (χ1v) is 6.46. The zero-order chi connectivity index (χ0) is 12.7. The fourth-order valence-electron chi connectivity index (χ4n) is 1.81. The largest absolute Gasteiger partial charge is 0.334 e. The van der Waals surface area contributed by atoms with Crippen LogP contribution in [0.15, 0.2) is 22.7 Å². The van der Waals surface area contributed by atoms with Gasteiger partial charge < -0.3 is 10.3 Å². The van der Waals surface area contributed by atoms with E-state index in [0.29, 0.717) is 33.2 Å². The second-order valence-electron chi connectivity index (χ2n) is 4.42. The molecule has 1 aliphatic rings. The highest BCUT2D eigenvalue weighted by Gasteiger charge is 2.32. The lowest BCUT2D eigenvalue weighted by atomic mass is 10.2. The second-order valence-corrected chi connectivity index (χ2v) is 5.21. The number of halogens is 2. The maximum Gasteiger partial charge on any atom is 0.259 e. The van der Waals surface area contributed by atoms with Crippen LogP contribution in [0.3, 0.4) is 0 Å². The highest BCUT2D eigenvalue weighted by Crippen LogP contribution is 2.39. The highest BCUT2D eigenvalue weighted by atomic mass is 35.5. The number of nitrogens with zero attached hydrogens (tertiary/aromatic N) is 2.